The Bertz CT molecular complexity index is 364. The molecule has 19 heavy (non-hydrogen) atoms. The predicted octanol–water partition coefficient (Wildman–Crippen LogP) is 3.68. The molecule has 1 aromatic rings. The number of nitrogens with zero attached hydrogens (tertiary/aromatic N) is 1. The van der Waals surface area contributed by atoms with E-state index in [1.54, 1.807) is 7.11 Å². The van der Waals surface area contributed by atoms with Crippen LogP contribution in [0.1, 0.15) is 43.3 Å². The number of nitrogens with one attached hydrogen (secondary N) is 1. The summed E-state index contributed by atoms with van der Waals surface area (Å²) in [4.78, 5) is 6.02. The van der Waals surface area contributed by atoms with E-state index in [0.29, 0.717) is 12.6 Å². The molecule has 3 nitrogen and oxygen atoms in total. The van der Waals surface area contributed by atoms with E-state index < -0.39 is 0 Å². The van der Waals surface area contributed by atoms with Gasteiger partial charge in [0.2, 0.25) is 0 Å². The summed E-state index contributed by atoms with van der Waals surface area (Å²) in [5.41, 5.74) is 1.10. The molecule has 0 radical (unpaired) electrons. The molecule has 0 aliphatic rings. The molecule has 0 fully saturated rings. The first-order valence-corrected chi connectivity index (χ1v) is 8.77. The van der Waals surface area contributed by atoms with Crippen molar-refractivity contribution in [3.63, 3.8) is 0 Å². The molecule has 1 aromatic heterocycles. The van der Waals surface area contributed by atoms with Crippen LogP contribution in [-0.4, -0.2) is 23.9 Å². The monoisotopic (exact) mass is 302 g/mol. The highest BCUT2D eigenvalue weighted by Gasteiger charge is 2.11. The van der Waals surface area contributed by atoms with Gasteiger partial charge in [0, 0.05) is 30.3 Å². The van der Waals surface area contributed by atoms with E-state index in [4.69, 9.17) is 9.72 Å². The number of hydrogen-bond acceptors (Lipinski definition) is 5. The van der Waals surface area contributed by atoms with Gasteiger partial charge in [-0.15, -0.1) is 11.3 Å². The van der Waals surface area contributed by atoms with Crippen LogP contribution in [0.3, 0.4) is 0 Å². The molecule has 0 aromatic carbocycles. The Labute approximate surface area is 125 Å². The molecule has 0 aliphatic heterocycles. The molecular weight excluding hydrogens is 276 g/mol. The zero-order valence-corrected chi connectivity index (χ0v) is 14.3. The van der Waals surface area contributed by atoms with Crippen molar-refractivity contribution >= 4 is 23.1 Å². The molecule has 0 unspecified atom stereocenters. The van der Waals surface area contributed by atoms with Crippen LogP contribution in [-0.2, 0) is 23.6 Å². The number of rotatable bonds is 9. The lowest BCUT2D eigenvalue weighted by molar-refractivity contribution is 0.181. The largest absolute Gasteiger partial charge is 0.378 e. The molecule has 0 amide bonds. The lowest BCUT2D eigenvalue weighted by atomic mass is 10.3. The number of hydrogen-bond donors (Lipinski definition) is 1. The van der Waals surface area contributed by atoms with E-state index in [1.165, 1.54) is 15.6 Å². The number of thioether (sulfide) groups is 1. The van der Waals surface area contributed by atoms with Crippen LogP contribution in [0.4, 0.5) is 0 Å². The van der Waals surface area contributed by atoms with Crippen LogP contribution >= 0.6 is 23.1 Å². The maximum Gasteiger partial charge on any atom is 0.103 e. The van der Waals surface area contributed by atoms with Gasteiger partial charge in [-0.1, -0.05) is 27.7 Å². The molecule has 5 heteroatoms. The maximum absolute atomic E-state index is 5.24. The number of methoxy groups -OCH3 is 1. The highest BCUT2D eigenvalue weighted by molar-refractivity contribution is 7.98. The van der Waals surface area contributed by atoms with Crippen molar-refractivity contribution in [3.05, 3.63) is 15.6 Å². The van der Waals surface area contributed by atoms with Gasteiger partial charge in [0.05, 0.1) is 12.3 Å². The molecule has 0 spiro atoms. The summed E-state index contributed by atoms with van der Waals surface area (Å²) >= 11 is 3.78. The van der Waals surface area contributed by atoms with Gasteiger partial charge in [-0.05, 0) is 11.7 Å². The van der Waals surface area contributed by atoms with E-state index in [0.717, 1.165) is 23.9 Å². The third-order valence-electron chi connectivity index (χ3n) is 2.45. The lowest BCUT2D eigenvalue weighted by Gasteiger charge is -2.07. The van der Waals surface area contributed by atoms with Crippen LogP contribution in [0.2, 0.25) is 0 Å². The van der Waals surface area contributed by atoms with Gasteiger partial charge in [-0.3, -0.25) is 0 Å². The minimum Gasteiger partial charge on any atom is -0.378 e. The van der Waals surface area contributed by atoms with Gasteiger partial charge in [-0.25, -0.2) is 4.98 Å². The molecule has 0 saturated carbocycles. The second kappa shape index (κ2) is 8.95. The van der Waals surface area contributed by atoms with E-state index in [2.05, 4.69) is 33.0 Å². The van der Waals surface area contributed by atoms with Crippen molar-refractivity contribution in [1.29, 1.82) is 0 Å². The number of ether oxygens (including phenoxy) is 1. The molecule has 0 atom stereocenters. The standard InChI is InChI=1S/C14H26N2OS2/c1-10(2)8-18-9-14-16-12(7-17-5)13(19-14)6-15-11(3)4/h10-11,15H,6-9H2,1-5H3. The molecule has 0 aliphatic carbocycles. The average molecular weight is 303 g/mol. The van der Waals surface area contributed by atoms with Crippen molar-refractivity contribution < 1.29 is 4.74 Å². The average Bonchev–Trinajstić information content (AvgIpc) is 2.69. The van der Waals surface area contributed by atoms with Gasteiger partial charge in [0.1, 0.15) is 5.01 Å². The molecule has 1 N–H and O–H groups in total. The Kier molecular flexibility index (Phi) is 7.99. The lowest BCUT2D eigenvalue weighted by Crippen LogP contribution is -2.21. The summed E-state index contributed by atoms with van der Waals surface area (Å²) in [6.45, 7) is 10.3. The topological polar surface area (TPSA) is 34.1 Å². The van der Waals surface area contributed by atoms with E-state index in [9.17, 15) is 0 Å². The first kappa shape index (κ1) is 17.0. The highest BCUT2D eigenvalue weighted by atomic mass is 32.2. The summed E-state index contributed by atoms with van der Waals surface area (Å²) in [5.74, 6) is 2.95. The Hall–Kier alpha value is -0.100. The normalized spacial score (nSPS) is 11.7. The quantitative estimate of drug-likeness (QED) is 0.754. The van der Waals surface area contributed by atoms with Crippen LogP contribution in [0, 0.1) is 5.92 Å². The summed E-state index contributed by atoms with van der Waals surface area (Å²) in [6.07, 6.45) is 0. The van der Waals surface area contributed by atoms with Crippen LogP contribution in [0.15, 0.2) is 0 Å². The Balaban J connectivity index is 2.59. The van der Waals surface area contributed by atoms with Gasteiger partial charge in [0.15, 0.2) is 0 Å². The summed E-state index contributed by atoms with van der Waals surface area (Å²) < 4.78 is 5.24. The predicted molar refractivity (Wildman–Crippen MR) is 85.8 cm³/mol. The summed E-state index contributed by atoms with van der Waals surface area (Å²) in [7, 11) is 1.73. The molecule has 0 saturated heterocycles. The fraction of sp³-hybridized carbons (Fsp3) is 0.786. The molecule has 0 bridgehead atoms. The third kappa shape index (κ3) is 6.75. The minimum atomic E-state index is 0.497. The van der Waals surface area contributed by atoms with Gasteiger partial charge >= 0.3 is 0 Å². The fourth-order valence-corrected chi connectivity index (χ4v) is 3.70. The van der Waals surface area contributed by atoms with Gasteiger partial charge in [-0.2, -0.15) is 11.8 Å². The van der Waals surface area contributed by atoms with E-state index in [1.807, 2.05) is 23.1 Å². The van der Waals surface area contributed by atoms with Crippen LogP contribution in [0.25, 0.3) is 0 Å². The molecular formula is C14H26N2OS2. The van der Waals surface area contributed by atoms with Crippen molar-refractivity contribution in [2.45, 2.75) is 52.6 Å². The van der Waals surface area contributed by atoms with Crippen molar-refractivity contribution in [1.82, 2.24) is 10.3 Å². The first-order chi connectivity index (χ1) is 9.02. The van der Waals surface area contributed by atoms with Gasteiger partial charge < -0.3 is 10.1 Å². The van der Waals surface area contributed by atoms with Crippen molar-refractivity contribution in [3.8, 4) is 0 Å². The Morgan fingerprint density at radius 1 is 1.32 bits per heavy atom. The van der Waals surface area contributed by atoms with Crippen LogP contribution < -0.4 is 5.32 Å². The second-order valence-corrected chi connectivity index (χ2v) is 7.55. The molecule has 1 heterocycles. The Morgan fingerprint density at radius 2 is 2.05 bits per heavy atom. The zero-order chi connectivity index (χ0) is 14.3. The number of thiazole rings is 1. The minimum absolute atomic E-state index is 0.497. The SMILES string of the molecule is COCc1nc(CSCC(C)C)sc1CNC(C)C. The Morgan fingerprint density at radius 3 is 2.63 bits per heavy atom. The summed E-state index contributed by atoms with van der Waals surface area (Å²) in [5, 5.41) is 4.68. The second-order valence-electron chi connectivity index (χ2n) is 5.36. The van der Waals surface area contributed by atoms with Crippen molar-refractivity contribution in [2.24, 2.45) is 5.92 Å². The van der Waals surface area contributed by atoms with Gasteiger partial charge in [0.25, 0.3) is 0 Å². The fourth-order valence-electron chi connectivity index (χ4n) is 1.56. The smallest absolute Gasteiger partial charge is 0.103 e. The zero-order valence-electron chi connectivity index (χ0n) is 12.7. The first-order valence-electron chi connectivity index (χ1n) is 6.80. The van der Waals surface area contributed by atoms with E-state index in [-0.39, 0.29) is 0 Å². The molecule has 110 valence electrons. The molecule has 1 rings (SSSR count). The van der Waals surface area contributed by atoms with E-state index >= 15 is 0 Å². The van der Waals surface area contributed by atoms with Crippen LogP contribution in [0.5, 0.6) is 0 Å². The number of aromatic nitrogens is 1. The summed E-state index contributed by atoms with van der Waals surface area (Å²) in [6, 6.07) is 0.497. The van der Waals surface area contributed by atoms with Crippen molar-refractivity contribution in [2.75, 3.05) is 12.9 Å². The third-order valence-corrected chi connectivity index (χ3v) is 5.11. The highest BCUT2D eigenvalue weighted by Crippen LogP contribution is 2.24. The maximum atomic E-state index is 5.24.